The van der Waals surface area contributed by atoms with E-state index in [2.05, 4.69) is 15.7 Å². The number of aromatic nitrogens is 2. The fourth-order valence-corrected chi connectivity index (χ4v) is 3.44. The average molecular weight is 326 g/mol. The molecule has 2 N–H and O–H groups in total. The predicted octanol–water partition coefficient (Wildman–Crippen LogP) is 2.75. The van der Waals surface area contributed by atoms with Gasteiger partial charge in [-0.3, -0.25) is 10.00 Å². The minimum absolute atomic E-state index is 0.453. The van der Waals surface area contributed by atoms with Crippen molar-refractivity contribution >= 4 is 23.7 Å². The van der Waals surface area contributed by atoms with E-state index in [1.807, 2.05) is 39.6 Å². The Labute approximate surface area is 136 Å². The average Bonchev–Trinajstić information content (AvgIpc) is 2.77. The van der Waals surface area contributed by atoms with Crippen molar-refractivity contribution in [2.24, 2.45) is 7.05 Å². The maximum Gasteiger partial charge on any atom is 0.413 e. The maximum absolute atomic E-state index is 11.9. The molecule has 1 unspecified atom stereocenters. The fourth-order valence-electron chi connectivity index (χ4n) is 2.33. The Hall–Kier alpha value is -1.21. The topological polar surface area (TPSA) is 68.2 Å². The minimum Gasteiger partial charge on any atom is -0.444 e. The summed E-state index contributed by atoms with van der Waals surface area (Å²) in [6, 6.07) is 0.535. The Balaban J connectivity index is 1.93. The fraction of sp³-hybridized carbons (Fsp3) is 0.733. The largest absolute Gasteiger partial charge is 0.444 e. The smallest absolute Gasteiger partial charge is 0.413 e. The quantitative estimate of drug-likeness (QED) is 0.890. The molecule has 0 aromatic carbocycles. The number of nitrogens with zero attached hydrogens (tertiary/aromatic N) is 2. The monoisotopic (exact) mass is 326 g/mol. The number of hydrogen-bond donors (Lipinski definition) is 2. The highest BCUT2D eigenvalue weighted by Gasteiger charge is 2.20. The van der Waals surface area contributed by atoms with Crippen molar-refractivity contribution < 1.29 is 9.53 Å². The van der Waals surface area contributed by atoms with Gasteiger partial charge in [-0.15, -0.1) is 0 Å². The Bertz CT molecular complexity index is 504. The first-order chi connectivity index (χ1) is 10.3. The minimum atomic E-state index is -0.513. The zero-order valence-corrected chi connectivity index (χ0v) is 14.6. The highest BCUT2D eigenvalue weighted by atomic mass is 32.2. The first-order valence-electron chi connectivity index (χ1n) is 7.67. The number of anilines is 1. The summed E-state index contributed by atoms with van der Waals surface area (Å²) in [5.41, 5.74) is 0.462. The van der Waals surface area contributed by atoms with Crippen LogP contribution in [0.2, 0.25) is 0 Å². The summed E-state index contributed by atoms with van der Waals surface area (Å²) >= 11 is 1.99. The van der Waals surface area contributed by atoms with Crippen LogP contribution in [-0.2, 0) is 18.3 Å². The molecule has 1 aromatic heterocycles. The molecule has 7 heteroatoms. The van der Waals surface area contributed by atoms with Crippen molar-refractivity contribution in [3.8, 4) is 0 Å². The Morgan fingerprint density at radius 1 is 1.55 bits per heavy atom. The highest BCUT2D eigenvalue weighted by molar-refractivity contribution is 7.99. The van der Waals surface area contributed by atoms with Gasteiger partial charge in [-0.05, 0) is 39.4 Å². The van der Waals surface area contributed by atoms with Gasteiger partial charge < -0.3 is 10.1 Å². The summed E-state index contributed by atoms with van der Waals surface area (Å²) in [5.74, 6) is 3.09. The zero-order chi connectivity index (χ0) is 16.2. The third-order valence-corrected chi connectivity index (χ3v) is 4.59. The Morgan fingerprint density at radius 2 is 2.32 bits per heavy atom. The van der Waals surface area contributed by atoms with Gasteiger partial charge in [0.25, 0.3) is 0 Å². The van der Waals surface area contributed by atoms with Crippen LogP contribution in [0.15, 0.2) is 6.20 Å². The number of carbonyl (C=O) groups excluding carboxylic acids is 1. The van der Waals surface area contributed by atoms with Crippen molar-refractivity contribution in [2.45, 2.75) is 51.8 Å². The molecule has 1 fully saturated rings. The van der Waals surface area contributed by atoms with Gasteiger partial charge in [0, 0.05) is 31.0 Å². The summed E-state index contributed by atoms with van der Waals surface area (Å²) in [5, 5.41) is 10.6. The number of carbonyl (C=O) groups is 1. The lowest BCUT2D eigenvalue weighted by Crippen LogP contribution is -2.33. The summed E-state index contributed by atoms with van der Waals surface area (Å²) in [7, 11) is 1.81. The van der Waals surface area contributed by atoms with Gasteiger partial charge in [-0.25, -0.2) is 4.79 Å². The van der Waals surface area contributed by atoms with Gasteiger partial charge in [0.1, 0.15) is 11.4 Å². The third kappa shape index (κ3) is 5.21. The van der Waals surface area contributed by atoms with Crippen LogP contribution in [0, 0.1) is 0 Å². The second-order valence-electron chi connectivity index (χ2n) is 6.56. The second kappa shape index (κ2) is 7.37. The summed E-state index contributed by atoms with van der Waals surface area (Å²) in [6.07, 6.45) is 3.81. The number of nitrogens with one attached hydrogen (secondary N) is 2. The molecule has 1 aliphatic heterocycles. The van der Waals surface area contributed by atoms with E-state index >= 15 is 0 Å². The lowest BCUT2D eigenvalue weighted by atomic mass is 10.2. The number of ether oxygens (including phenoxy) is 1. The lowest BCUT2D eigenvalue weighted by molar-refractivity contribution is 0.0634. The summed E-state index contributed by atoms with van der Waals surface area (Å²) in [6.45, 7) is 6.24. The van der Waals surface area contributed by atoms with Crippen molar-refractivity contribution in [1.82, 2.24) is 15.1 Å². The Morgan fingerprint density at radius 3 is 2.95 bits per heavy atom. The van der Waals surface area contributed by atoms with Crippen molar-refractivity contribution in [3.05, 3.63) is 11.8 Å². The molecule has 0 spiro atoms. The van der Waals surface area contributed by atoms with Gasteiger partial charge >= 0.3 is 6.09 Å². The van der Waals surface area contributed by atoms with Gasteiger partial charge in [0.2, 0.25) is 0 Å². The third-order valence-electron chi connectivity index (χ3n) is 3.38. The highest BCUT2D eigenvalue weighted by Crippen LogP contribution is 2.19. The molecule has 1 saturated heterocycles. The van der Waals surface area contributed by atoms with Gasteiger partial charge in [0.15, 0.2) is 0 Å². The molecule has 124 valence electrons. The van der Waals surface area contributed by atoms with Crippen LogP contribution in [0.1, 0.15) is 39.2 Å². The van der Waals surface area contributed by atoms with Crippen LogP contribution < -0.4 is 10.6 Å². The predicted molar refractivity (Wildman–Crippen MR) is 90.3 cm³/mol. The normalized spacial score (nSPS) is 19.0. The molecule has 0 radical (unpaired) electrons. The maximum atomic E-state index is 11.9. The molecular weight excluding hydrogens is 300 g/mol. The molecule has 6 nitrogen and oxygen atoms in total. The number of amides is 1. The molecule has 2 rings (SSSR count). The zero-order valence-electron chi connectivity index (χ0n) is 13.8. The van der Waals surface area contributed by atoms with E-state index in [0.717, 1.165) is 11.3 Å². The molecule has 0 bridgehead atoms. The standard InChI is InChI=1S/C15H26N4O2S/c1-15(2,3)21-14(20)18-13-11(9-17-19(13)4)8-16-12-6-5-7-22-10-12/h9,12,16H,5-8,10H2,1-4H3,(H,18,20). The van der Waals surface area contributed by atoms with Crippen LogP contribution in [-0.4, -0.2) is 39.0 Å². The first-order valence-corrected chi connectivity index (χ1v) is 8.82. The molecule has 0 saturated carbocycles. The SMILES string of the molecule is Cn1ncc(CNC2CCCSC2)c1NC(=O)OC(C)(C)C. The molecule has 1 aromatic rings. The summed E-state index contributed by atoms with van der Waals surface area (Å²) < 4.78 is 6.96. The molecular formula is C15H26N4O2S. The van der Waals surface area contributed by atoms with Gasteiger partial charge in [-0.2, -0.15) is 16.9 Å². The van der Waals surface area contributed by atoms with Crippen LogP contribution >= 0.6 is 11.8 Å². The van der Waals surface area contributed by atoms with Crippen LogP contribution in [0.4, 0.5) is 10.6 Å². The molecule has 1 amide bonds. The lowest BCUT2D eigenvalue weighted by Gasteiger charge is -2.23. The van der Waals surface area contributed by atoms with E-state index in [9.17, 15) is 4.79 Å². The molecule has 0 aliphatic carbocycles. The Kier molecular flexibility index (Phi) is 5.74. The van der Waals surface area contributed by atoms with Crippen molar-refractivity contribution in [1.29, 1.82) is 0 Å². The number of hydrogen-bond acceptors (Lipinski definition) is 5. The van der Waals surface area contributed by atoms with E-state index in [0.29, 0.717) is 18.4 Å². The molecule has 22 heavy (non-hydrogen) atoms. The van der Waals surface area contributed by atoms with Gasteiger partial charge in [-0.1, -0.05) is 0 Å². The van der Waals surface area contributed by atoms with Crippen molar-refractivity contribution in [2.75, 3.05) is 16.8 Å². The van der Waals surface area contributed by atoms with E-state index in [4.69, 9.17) is 4.74 Å². The van der Waals surface area contributed by atoms with E-state index in [-0.39, 0.29) is 0 Å². The second-order valence-corrected chi connectivity index (χ2v) is 7.71. The first kappa shape index (κ1) is 17.1. The van der Waals surface area contributed by atoms with Crippen LogP contribution in [0.3, 0.4) is 0 Å². The number of aryl methyl sites for hydroxylation is 1. The number of rotatable bonds is 4. The number of thioether (sulfide) groups is 1. The van der Waals surface area contributed by atoms with E-state index < -0.39 is 11.7 Å². The van der Waals surface area contributed by atoms with E-state index in [1.165, 1.54) is 18.6 Å². The van der Waals surface area contributed by atoms with Crippen LogP contribution in [0.25, 0.3) is 0 Å². The molecule has 1 atom stereocenters. The molecule has 1 aliphatic rings. The van der Waals surface area contributed by atoms with Gasteiger partial charge in [0.05, 0.1) is 6.20 Å². The summed E-state index contributed by atoms with van der Waals surface area (Å²) in [4.78, 5) is 11.9. The van der Waals surface area contributed by atoms with Crippen LogP contribution in [0.5, 0.6) is 0 Å². The van der Waals surface area contributed by atoms with E-state index in [1.54, 1.807) is 10.9 Å². The van der Waals surface area contributed by atoms with Crippen molar-refractivity contribution in [3.63, 3.8) is 0 Å². The molecule has 2 heterocycles.